The molecule has 0 radical (unpaired) electrons. The van der Waals surface area contributed by atoms with Crippen molar-refractivity contribution in [3.8, 4) is 5.75 Å². The number of benzene rings is 2. The van der Waals surface area contributed by atoms with Crippen LogP contribution in [0.1, 0.15) is 12.5 Å². The molecule has 0 aliphatic heterocycles. The highest BCUT2D eigenvalue weighted by atomic mass is 19.1. The van der Waals surface area contributed by atoms with Crippen LogP contribution < -0.4 is 9.64 Å². The number of ether oxygens (including phenoxy) is 1. The minimum atomic E-state index is -0.688. The lowest BCUT2D eigenvalue weighted by Gasteiger charge is -2.15. The second-order valence-electron chi connectivity index (χ2n) is 4.86. The van der Waals surface area contributed by atoms with Crippen molar-refractivity contribution in [2.24, 2.45) is 0 Å². The van der Waals surface area contributed by atoms with Crippen LogP contribution in [-0.2, 0) is 11.4 Å². The molecule has 1 amide bonds. The van der Waals surface area contributed by atoms with Gasteiger partial charge in [0.25, 0.3) is 5.69 Å². The van der Waals surface area contributed by atoms with Gasteiger partial charge in [-0.2, -0.15) is 0 Å². The Balaban J connectivity index is 2.13. The van der Waals surface area contributed by atoms with E-state index in [-0.39, 0.29) is 23.8 Å². The first-order valence-corrected chi connectivity index (χ1v) is 6.79. The quantitative estimate of drug-likeness (QED) is 0.626. The number of carbonyl (C=O) groups is 1. The maximum atomic E-state index is 13.7. The molecule has 23 heavy (non-hydrogen) atoms. The van der Waals surface area contributed by atoms with Crippen LogP contribution in [0.4, 0.5) is 15.8 Å². The molecule has 0 unspecified atom stereocenters. The maximum Gasteiger partial charge on any atom is 0.278 e. The summed E-state index contributed by atoms with van der Waals surface area (Å²) >= 11 is 0. The van der Waals surface area contributed by atoms with E-state index in [9.17, 15) is 19.3 Å². The molecule has 0 saturated carbocycles. The van der Waals surface area contributed by atoms with E-state index < -0.39 is 10.7 Å². The van der Waals surface area contributed by atoms with Crippen molar-refractivity contribution >= 4 is 17.3 Å². The molecule has 0 N–H and O–H groups in total. The first-order valence-electron chi connectivity index (χ1n) is 6.79. The molecule has 6 nitrogen and oxygen atoms in total. The molecule has 0 atom stereocenters. The highest BCUT2D eigenvalue weighted by Crippen LogP contribution is 2.24. The molecule has 0 aromatic heterocycles. The van der Waals surface area contributed by atoms with Gasteiger partial charge in [0.2, 0.25) is 5.91 Å². The zero-order chi connectivity index (χ0) is 17.0. The molecule has 7 heteroatoms. The van der Waals surface area contributed by atoms with Crippen molar-refractivity contribution in [2.75, 3.05) is 11.9 Å². The minimum Gasteiger partial charge on any atom is -0.489 e. The van der Waals surface area contributed by atoms with E-state index in [0.29, 0.717) is 11.4 Å². The lowest BCUT2D eigenvalue weighted by Crippen LogP contribution is -2.22. The minimum absolute atomic E-state index is 0.109. The number of hydrogen-bond donors (Lipinski definition) is 0. The summed E-state index contributed by atoms with van der Waals surface area (Å²) in [5, 5.41) is 10.9. The van der Waals surface area contributed by atoms with E-state index >= 15 is 0 Å². The average molecular weight is 318 g/mol. The lowest BCUT2D eigenvalue weighted by molar-refractivity contribution is -0.386. The Bertz CT molecular complexity index is 731. The molecule has 2 rings (SSSR count). The summed E-state index contributed by atoms with van der Waals surface area (Å²) in [6.45, 7) is 1.19. The number of nitro benzene ring substituents is 1. The zero-order valence-electron chi connectivity index (χ0n) is 12.7. The molecule has 0 spiro atoms. The van der Waals surface area contributed by atoms with Crippen LogP contribution in [0, 0.1) is 15.9 Å². The zero-order valence-corrected chi connectivity index (χ0v) is 12.7. The Hall–Kier alpha value is -2.96. The Kier molecular flexibility index (Phi) is 4.90. The molecule has 2 aromatic rings. The molecule has 0 bridgehead atoms. The molecule has 2 aromatic carbocycles. The number of rotatable bonds is 5. The fourth-order valence-electron chi connectivity index (χ4n) is 1.96. The van der Waals surface area contributed by atoms with E-state index in [1.165, 1.54) is 24.0 Å². The number of halogens is 1. The first kappa shape index (κ1) is 16.4. The Morgan fingerprint density at radius 3 is 2.48 bits per heavy atom. The average Bonchev–Trinajstić information content (AvgIpc) is 2.53. The van der Waals surface area contributed by atoms with Gasteiger partial charge in [-0.15, -0.1) is 0 Å². The maximum absolute atomic E-state index is 13.7. The molecule has 0 aliphatic carbocycles. The first-order chi connectivity index (χ1) is 10.9. The van der Waals surface area contributed by atoms with Gasteiger partial charge in [-0.3, -0.25) is 14.9 Å². The Morgan fingerprint density at radius 1 is 1.26 bits per heavy atom. The molecule has 120 valence electrons. The van der Waals surface area contributed by atoms with Crippen molar-refractivity contribution in [3.05, 3.63) is 64.0 Å². The summed E-state index contributed by atoms with van der Waals surface area (Å²) in [5.74, 6) is -0.379. The largest absolute Gasteiger partial charge is 0.489 e. The van der Waals surface area contributed by atoms with Crippen LogP contribution in [0.5, 0.6) is 5.75 Å². The standard InChI is InChI=1S/C16H15FN2O4/c1-11(20)18(2)12-6-8-13(9-7-12)23-10-14-15(17)4-3-5-16(14)19(21)22/h3-9H,10H2,1-2H3. The van der Waals surface area contributed by atoms with Crippen LogP contribution in [-0.4, -0.2) is 17.9 Å². The van der Waals surface area contributed by atoms with Crippen molar-refractivity contribution in [1.82, 2.24) is 0 Å². The highest BCUT2D eigenvalue weighted by Gasteiger charge is 2.18. The summed E-state index contributed by atoms with van der Waals surface area (Å²) in [6, 6.07) is 10.2. The second kappa shape index (κ2) is 6.87. The third-order valence-electron chi connectivity index (χ3n) is 3.37. The molecule has 0 fully saturated rings. The van der Waals surface area contributed by atoms with Crippen LogP contribution in [0.15, 0.2) is 42.5 Å². The number of hydrogen-bond acceptors (Lipinski definition) is 4. The number of nitro groups is 1. The molecular formula is C16H15FN2O4. The van der Waals surface area contributed by atoms with Crippen LogP contribution in [0.2, 0.25) is 0 Å². The summed E-state index contributed by atoms with van der Waals surface area (Å²) < 4.78 is 19.2. The van der Waals surface area contributed by atoms with Crippen molar-refractivity contribution in [1.29, 1.82) is 0 Å². The monoisotopic (exact) mass is 318 g/mol. The van der Waals surface area contributed by atoms with Gasteiger partial charge in [0.1, 0.15) is 23.7 Å². The predicted molar refractivity (Wildman–Crippen MR) is 82.9 cm³/mol. The number of amides is 1. The van der Waals surface area contributed by atoms with Gasteiger partial charge in [0, 0.05) is 25.7 Å². The van der Waals surface area contributed by atoms with E-state index in [1.807, 2.05) is 0 Å². The van der Waals surface area contributed by atoms with Crippen molar-refractivity contribution < 1.29 is 18.8 Å². The summed E-state index contributed by atoms with van der Waals surface area (Å²) in [6.07, 6.45) is 0. The van der Waals surface area contributed by atoms with Crippen LogP contribution >= 0.6 is 0 Å². The Morgan fingerprint density at radius 2 is 1.91 bits per heavy atom. The van der Waals surface area contributed by atoms with E-state index in [0.717, 1.165) is 6.07 Å². The lowest BCUT2D eigenvalue weighted by atomic mass is 10.2. The van der Waals surface area contributed by atoms with Gasteiger partial charge < -0.3 is 9.64 Å². The fraction of sp³-hybridized carbons (Fsp3) is 0.188. The smallest absolute Gasteiger partial charge is 0.278 e. The SMILES string of the molecule is CC(=O)N(C)c1ccc(OCc2c(F)cccc2[N+](=O)[O-])cc1. The van der Waals surface area contributed by atoms with Gasteiger partial charge in [-0.05, 0) is 30.3 Å². The normalized spacial score (nSPS) is 10.2. The molecule has 0 heterocycles. The van der Waals surface area contributed by atoms with Gasteiger partial charge in [-0.1, -0.05) is 6.07 Å². The second-order valence-corrected chi connectivity index (χ2v) is 4.86. The van der Waals surface area contributed by atoms with Crippen molar-refractivity contribution in [3.63, 3.8) is 0 Å². The molecule has 0 saturated heterocycles. The topological polar surface area (TPSA) is 72.7 Å². The third kappa shape index (κ3) is 3.82. The fourth-order valence-corrected chi connectivity index (χ4v) is 1.96. The van der Waals surface area contributed by atoms with E-state index in [4.69, 9.17) is 4.74 Å². The van der Waals surface area contributed by atoms with Crippen LogP contribution in [0.3, 0.4) is 0 Å². The predicted octanol–water partition coefficient (Wildman–Crippen LogP) is 3.30. The highest BCUT2D eigenvalue weighted by molar-refractivity contribution is 5.90. The summed E-state index contributed by atoms with van der Waals surface area (Å²) in [7, 11) is 1.64. The number of anilines is 1. The van der Waals surface area contributed by atoms with Gasteiger partial charge in [0.05, 0.1) is 4.92 Å². The van der Waals surface area contributed by atoms with E-state index in [2.05, 4.69) is 0 Å². The van der Waals surface area contributed by atoms with E-state index in [1.54, 1.807) is 31.3 Å². The van der Waals surface area contributed by atoms with Gasteiger partial charge >= 0.3 is 0 Å². The summed E-state index contributed by atoms with van der Waals surface area (Å²) in [5.41, 5.74) is 0.252. The molecular weight excluding hydrogens is 303 g/mol. The summed E-state index contributed by atoms with van der Waals surface area (Å²) in [4.78, 5) is 23.0. The van der Waals surface area contributed by atoms with Crippen LogP contribution in [0.25, 0.3) is 0 Å². The van der Waals surface area contributed by atoms with Gasteiger partial charge in [-0.25, -0.2) is 4.39 Å². The third-order valence-corrected chi connectivity index (χ3v) is 3.37. The van der Waals surface area contributed by atoms with Crippen molar-refractivity contribution in [2.45, 2.75) is 13.5 Å². The molecule has 0 aliphatic rings. The number of carbonyl (C=O) groups excluding carboxylic acids is 1. The number of nitrogens with zero attached hydrogens (tertiary/aromatic N) is 2. The Labute approximate surface area is 132 Å². The van der Waals surface area contributed by atoms with Gasteiger partial charge in [0.15, 0.2) is 0 Å².